The molecule has 2 rings (SSSR count). The van der Waals surface area contributed by atoms with Crippen molar-refractivity contribution in [2.45, 2.75) is 25.8 Å². The van der Waals surface area contributed by atoms with Gasteiger partial charge < -0.3 is 4.74 Å². The van der Waals surface area contributed by atoms with Gasteiger partial charge in [-0.15, -0.1) is 0 Å². The molecule has 2 nitrogen and oxygen atoms in total. The van der Waals surface area contributed by atoms with E-state index in [0.29, 0.717) is 18.4 Å². The van der Waals surface area contributed by atoms with Gasteiger partial charge in [0, 0.05) is 18.1 Å². The molecule has 0 radical (unpaired) electrons. The molecule has 92 valence electrons. The van der Waals surface area contributed by atoms with Crippen LogP contribution in [0.5, 0.6) is 0 Å². The first-order valence-electron chi connectivity index (χ1n) is 5.45. The van der Waals surface area contributed by atoms with E-state index >= 15 is 0 Å². The lowest BCUT2D eigenvalue weighted by atomic mass is 10.1. The molecule has 1 heterocycles. The van der Waals surface area contributed by atoms with Crippen LogP contribution in [0.2, 0.25) is 0 Å². The lowest BCUT2D eigenvalue weighted by molar-refractivity contribution is 0.307. The van der Waals surface area contributed by atoms with Crippen LogP contribution in [0.15, 0.2) is 17.1 Å². The number of ether oxygens (including phenoxy) is 1. The quantitative estimate of drug-likeness (QED) is 0.746. The largest absolute Gasteiger partial charge is 0.478 e. The number of rotatable bonds is 3. The van der Waals surface area contributed by atoms with Gasteiger partial charge in [-0.2, -0.15) is 0 Å². The summed E-state index contributed by atoms with van der Waals surface area (Å²) in [5, 5.41) is 0. The van der Waals surface area contributed by atoms with E-state index in [0.717, 1.165) is 12.5 Å². The van der Waals surface area contributed by atoms with Gasteiger partial charge in [0.25, 0.3) is 0 Å². The zero-order valence-electron chi connectivity index (χ0n) is 9.34. The summed E-state index contributed by atoms with van der Waals surface area (Å²) in [4.78, 5) is 4.11. The van der Waals surface area contributed by atoms with E-state index in [1.165, 1.54) is 0 Å². The SMILES string of the molecule is CCCC1=N[C@H](c2cc(F)cc(F)c2F)CO1. The molecule has 0 saturated heterocycles. The lowest BCUT2D eigenvalue weighted by Gasteiger charge is -2.07. The average Bonchev–Trinajstić information content (AvgIpc) is 2.72. The van der Waals surface area contributed by atoms with Crippen molar-refractivity contribution in [3.63, 3.8) is 0 Å². The first-order valence-corrected chi connectivity index (χ1v) is 5.45. The van der Waals surface area contributed by atoms with E-state index in [4.69, 9.17) is 4.74 Å². The van der Waals surface area contributed by atoms with E-state index in [-0.39, 0.29) is 12.2 Å². The highest BCUT2D eigenvalue weighted by molar-refractivity contribution is 5.77. The molecule has 0 unspecified atom stereocenters. The fourth-order valence-corrected chi connectivity index (χ4v) is 1.75. The molecule has 0 fully saturated rings. The standard InChI is InChI=1S/C12H12F3NO/c1-2-3-11-16-10(6-17-11)8-4-7(13)5-9(14)12(8)15/h4-5,10H,2-3,6H2,1H3/t10-/m0/s1. The molecule has 0 bridgehead atoms. The first kappa shape index (κ1) is 12.0. The monoisotopic (exact) mass is 243 g/mol. The van der Waals surface area contributed by atoms with Crippen molar-refractivity contribution < 1.29 is 17.9 Å². The average molecular weight is 243 g/mol. The lowest BCUT2D eigenvalue weighted by Crippen LogP contribution is -2.04. The summed E-state index contributed by atoms with van der Waals surface area (Å²) in [5.74, 6) is -2.54. The minimum Gasteiger partial charge on any atom is -0.478 e. The Labute approximate surface area is 97.1 Å². The van der Waals surface area contributed by atoms with Crippen LogP contribution in [-0.2, 0) is 4.74 Å². The Morgan fingerprint density at radius 3 is 2.82 bits per heavy atom. The van der Waals surface area contributed by atoms with Gasteiger partial charge in [0.05, 0.1) is 0 Å². The molecule has 0 amide bonds. The Balaban J connectivity index is 2.30. The number of hydrogen-bond donors (Lipinski definition) is 0. The van der Waals surface area contributed by atoms with Crippen molar-refractivity contribution in [2.75, 3.05) is 6.61 Å². The second-order valence-electron chi connectivity index (χ2n) is 3.89. The topological polar surface area (TPSA) is 21.6 Å². The third-order valence-electron chi connectivity index (χ3n) is 2.55. The van der Waals surface area contributed by atoms with E-state index in [1.807, 2.05) is 6.92 Å². The van der Waals surface area contributed by atoms with Crippen molar-refractivity contribution in [3.05, 3.63) is 35.1 Å². The Morgan fingerprint density at radius 1 is 1.35 bits per heavy atom. The van der Waals surface area contributed by atoms with E-state index in [2.05, 4.69) is 4.99 Å². The van der Waals surface area contributed by atoms with Crippen LogP contribution in [0.25, 0.3) is 0 Å². The van der Waals surface area contributed by atoms with Crippen LogP contribution in [0.3, 0.4) is 0 Å². The molecule has 0 N–H and O–H groups in total. The highest BCUT2D eigenvalue weighted by Gasteiger charge is 2.25. The molecular weight excluding hydrogens is 231 g/mol. The van der Waals surface area contributed by atoms with Gasteiger partial charge in [-0.05, 0) is 12.5 Å². The van der Waals surface area contributed by atoms with Gasteiger partial charge in [0.1, 0.15) is 18.5 Å². The molecule has 0 aliphatic carbocycles. The van der Waals surface area contributed by atoms with E-state index in [1.54, 1.807) is 0 Å². The molecule has 17 heavy (non-hydrogen) atoms. The third-order valence-corrected chi connectivity index (χ3v) is 2.55. The van der Waals surface area contributed by atoms with Gasteiger partial charge in [-0.1, -0.05) is 6.92 Å². The fraction of sp³-hybridized carbons (Fsp3) is 0.417. The zero-order chi connectivity index (χ0) is 12.4. The smallest absolute Gasteiger partial charge is 0.183 e. The summed E-state index contributed by atoms with van der Waals surface area (Å²) in [6.45, 7) is 2.09. The van der Waals surface area contributed by atoms with Gasteiger partial charge in [-0.3, -0.25) is 0 Å². The first-order chi connectivity index (χ1) is 8.11. The normalized spacial score (nSPS) is 19.1. The van der Waals surface area contributed by atoms with Crippen LogP contribution in [-0.4, -0.2) is 12.5 Å². The highest BCUT2D eigenvalue weighted by atomic mass is 19.2. The fourth-order valence-electron chi connectivity index (χ4n) is 1.75. The number of nitrogens with zero attached hydrogens (tertiary/aromatic N) is 1. The predicted octanol–water partition coefficient (Wildman–Crippen LogP) is 3.37. The van der Waals surface area contributed by atoms with Crippen LogP contribution in [0.4, 0.5) is 13.2 Å². The summed E-state index contributed by atoms with van der Waals surface area (Å²) in [6.07, 6.45) is 1.50. The maximum Gasteiger partial charge on any atom is 0.183 e. The van der Waals surface area contributed by atoms with Gasteiger partial charge in [-0.25, -0.2) is 18.2 Å². The van der Waals surface area contributed by atoms with Gasteiger partial charge in [0.15, 0.2) is 17.5 Å². The molecule has 0 aromatic heterocycles. The van der Waals surface area contributed by atoms with E-state index < -0.39 is 23.5 Å². The molecule has 1 aliphatic rings. The van der Waals surface area contributed by atoms with Crippen LogP contribution in [0.1, 0.15) is 31.4 Å². The summed E-state index contributed by atoms with van der Waals surface area (Å²) >= 11 is 0. The van der Waals surface area contributed by atoms with Crippen molar-refractivity contribution >= 4 is 5.90 Å². The Morgan fingerprint density at radius 2 is 2.12 bits per heavy atom. The molecule has 1 aliphatic heterocycles. The molecule has 1 aromatic rings. The molecule has 1 atom stereocenters. The predicted molar refractivity (Wildman–Crippen MR) is 57.4 cm³/mol. The second-order valence-corrected chi connectivity index (χ2v) is 3.89. The Kier molecular flexibility index (Phi) is 3.36. The van der Waals surface area contributed by atoms with Crippen molar-refractivity contribution in [2.24, 2.45) is 4.99 Å². The van der Waals surface area contributed by atoms with Crippen LogP contribution < -0.4 is 0 Å². The van der Waals surface area contributed by atoms with Crippen molar-refractivity contribution in [1.29, 1.82) is 0 Å². The number of halogens is 3. The van der Waals surface area contributed by atoms with Crippen molar-refractivity contribution in [1.82, 2.24) is 0 Å². The number of aliphatic imine (C=N–C) groups is 1. The molecular formula is C12H12F3NO. The third kappa shape index (κ3) is 2.43. The zero-order valence-corrected chi connectivity index (χ0v) is 9.34. The van der Waals surface area contributed by atoms with Gasteiger partial charge >= 0.3 is 0 Å². The van der Waals surface area contributed by atoms with Crippen LogP contribution in [0, 0.1) is 17.5 Å². The minimum atomic E-state index is -1.20. The van der Waals surface area contributed by atoms with Crippen LogP contribution >= 0.6 is 0 Å². The summed E-state index contributed by atoms with van der Waals surface area (Å²) < 4.78 is 44.8. The summed E-state index contributed by atoms with van der Waals surface area (Å²) in [6, 6.07) is 0.831. The number of benzene rings is 1. The Hall–Kier alpha value is -1.52. The molecule has 1 aromatic carbocycles. The van der Waals surface area contributed by atoms with Gasteiger partial charge in [0.2, 0.25) is 0 Å². The maximum atomic E-state index is 13.5. The number of hydrogen-bond acceptors (Lipinski definition) is 2. The minimum absolute atomic E-state index is 0.0893. The van der Waals surface area contributed by atoms with E-state index in [9.17, 15) is 13.2 Å². The summed E-state index contributed by atoms with van der Waals surface area (Å²) in [5.41, 5.74) is -0.0893. The van der Waals surface area contributed by atoms with Crippen molar-refractivity contribution in [3.8, 4) is 0 Å². The Bertz CT molecular complexity index is 459. The molecule has 0 saturated carbocycles. The molecule has 0 spiro atoms. The summed E-state index contributed by atoms with van der Waals surface area (Å²) in [7, 11) is 0. The second kappa shape index (κ2) is 4.77. The maximum absolute atomic E-state index is 13.5. The molecule has 5 heteroatoms. The highest BCUT2D eigenvalue weighted by Crippen LogP contribution is 2.28.